The van der Waals surface area contributed by atoms with Crippen LogP contribution in [0.2, 0.25) is 5.02 Å². The summed E-state index contributed by atoms with van der Waals surface area (Å²) in [6, 6.07) is 5.49. The number of nitrogens with two attached hydrogens (primary N) is 1. The second kappa shape index (κ2) is 8.62. The van der Waals surface area contributed by atoms with Gasteiger partial charge in [0.05, 0.1) is 0 Å². The largest absolute Gasteiger partial charge is 0.348 e. The van der Waals surface area contributed by atoms with Crippen LogP contribution in [0, 0.1) is 12.8 Å². The second-order valence-electron chi connectivity index (χ2n) is 5.63. The number of hydrogen-bond donors (Lipinski definition) is 2. The number of benzene rings is 1. The molecule has 1 aromatic carbocycles. The molecule has 1 aliphatic carbocycles. The van der Waals surface area contributed by atoms with Crippen LogP contribution in [0.25, 0.3) is 0 Å². The number of hydrogen-bond acceptors (Lipinski definition) is 2. The van der Waals surface area contributed by atoms with E-state index in [1.807, 2.05) is 19.1 Å². The van der Waals surface area contributed by atoms with Crippen molar-refractivity contribution in [3.8, 4) is 0 Å². The van der Waals surface area contributed by atoms with Gasteiger partial charge in [0.15, 0.2) is 0 Å². The lowest BCUT2D eigenvalue weighted by Crippen LogP contribution is -2.46. The van der Waals surface area contributed by atoms with Crippen molar-refractivity contribution in [3.05, 3.63) is 34.3 Å². The number of nitrogens with one attached hydrogen (secondary N) is 1. The summed E-state index contributed by atoms with van der Waals surface area (Å²) in [7, 11) is 0. The average molecular weight is 331 g/mol. The van der Waals surface area contributed by atoms with E-state index in [4.69, 9.17) is 17.3 Å². The molecule has 0 aliphatic heterocycles. The Balaban J connectivity index is 0.00000220. The first kappa shape index (κ1) is 18.3. The summed E-state index contributed by atoms with van der Waals surface area (Å²) >= 11 is 6.07. The topological polar surface area (TPSA) is 55.1 Å². The van der Waals surface area contributed by atoms with Gasteiger partial charge < -0.3 is 11.1 Å². The van der Waals surface area contributed by atoms with Crippen molar-refractivity contribution in [1.29, 1.82) is 0 Å². The van der Waals surface area contributed by atoms with E-state index < -0.39 is 0 Å². The molecule has 21 heavy (non-hydrogen) atoms. The molecule has 1 aromatic rings. The van der Waals surface area contributed by atoms with E-state index in [1.54, 1.807) is 6.07 Å². The summed E-state index contributed by atoms with van der Waals surface area (Å²) in [5.41, 5.74) is 7.33. The van der Waals surface area contributed by atoms with E-state index in [2.05, 4.69) is 5.32 Å². The van der Waals surface area contributed by atoms with Gasteiger partial charge in [0.1, 0.15) is 0 Å². The van der Waals surface area contributed by atoms with E-state index in [0.717, 1.165) is 18.4 Å². The Bertz CT molecular complexity index is 473. The molecule has 1 unspecified atom stereocenters. The smallest absolute Gasteiger partial charge is 0.251 e. The van der Waals surface area contributed by atoms with E-state index in [9.17, 15) is 4.79 Å². The van der Waals surface area contributed by atoms with Crippen molar-refractivity contribution in [3.63, 3.8) is 0 Å². The first-order valence-electron chi connectivity index (χ1n) is 7.39. The van der Waals surface area contributed by atoms with Gasteiger partial charge in [-0.05, 0) is 43.4 Å². The Kier molecular flexibility index (Phi) is 7.50. The van der Waals surface area contributed by atoms with Crippen molar-refractivity contribution in [1.82, 2.24) is 5.32 Å². The molecule has 0 bridgehead atoms. The minimum Gasteiger partial charge on any atom is -0.348 e. The van der Waals surface area contributed by atoms with Crippen LogP contribution in [-0.2, 0) is 0 Å². The molecule has 0 aromatic heterocycles. The van der Waals surface area contributed by atoms with Crippen molar-refractivity contribution in [2.24, 2.45) is 11.7 Å². The highest BCUT2D eigenvalue weighted by Gasteiger charge is 2.24. The molecule has 1 atom stereocenters. The lowest BCUT2D eigenvalue weighted by Gasteiger charge is -2.30. The van der Waals surface area contributed by atoms with E-state index in [-0.39, 0.29) is 24.4 Å². The number of rotatable bonds is 4. The van der Waals surface area contributed by atoms with Crippen LogP contribution in [0.5, 0.6) is 0 Å². The maximum Gasteiger partial charge on any atom is 0.251 e. The first-order chi connectivity index (χ1) is 9.63. The third-order valence-electron chi connectivity index (χ3n) is 4.30. The molecule has 1 fully saturated rings. The summed E-state index contributed by atoms with van der Waals surface area (Å²) in [6.07, 6.45) is 6.11. The van der Waals surface area contributed by atoms with Gasteiger partial charge in [0.2, 0.25) is 0 Å². The molecule has 5 heteroatoms. The fourth-order valence-corrected chi connectivity index (χ4v) is 3.18. The Morgan fingerprint density at radius 1 is 1.38 bits per heavy atom. The van der Waals surface area contributed by atoms with Crippen LogP contribution in [0.3, 0.4) is 0 Å². The number of halogens is 2. The third-order valence-corrected chi connectivity index (χ3v) is 4.71. The molecular formula is C16H24Cl2N2O. The zero-order valence-corrected chi connectivity index (χ0v) is 14.0. The summed E-state index contributed by atoms with van der Waals surface area (Å²) < 4.78 is 0. The Morgan fingerprint density at radius 3 is 2.67 bits per heavy atom. The van der Waals surface area contributed by atoms with E-state index >= 15 is 0 Å². The predicted octanol–water partition coefficient (Wildman–Crippen LogP) is 3.71. The van der Waals surface area contributed by atoms with Crippen LogP contribution in [-0.4, -0.2) is 18.5 Å². The van der Waals surface area contributed by atoms with Crippen LogP contribution in [0.4, 0.5) is 0 Å². The van der Waals surface area contributed by atoms with Crippen LogP contribution >= 0.6 is 24.0 Å². The SMILES string of the molecule is Cc1c(Cl)cccc1C(=O)NC(CN)C1CCCCC1.Cl. The van der Waals surface area contributed by atoms with Crippen LogP contribution in [0.1, 0.15) is 48.0 Å². The minimum atomic E-state index is -0.0639. The fraction of sp³-hybridized carbons (Fsp3) is 0.562. The van der Waals surface area contributed by atoms with E-state index in [1.165, 1.54) is 19.3 Å². The van der Waals surface area contributed by atoms with Gasteiger partial charge in [-0.1, -0.05) is 36.9 Å². The Morgan fingerprint density at radius 2 is 2.05 bits per heavy atom. The molecular weight excluding hydrogens is 307 g/mol. The fourth-order valence-electron chi connectivity index (χ4n) is 3.01. The standard InChI is InChI=1S/C16H23ClN2O.ClH/c1-11-13(8-5-9-14(11)17)16(20)19-15(10-18)12-6-3-2-4-7-12;/h5,8-9,12,15H,2-4,6-7,10,18H2,1H3,(H,19,20);1H. The maximum absolute atomic E-state index is 12.4. The number of carbonyl (C=O) groups excluding carboxylic acids is 1. The lowest BCUT2D eigenvalue weighted by molar-refractivity contribution is 0.0915. The van der Waals surface area contributed by atoms with Gasteiger partial charge in [-0.3, -0.25) is 4.79 Å². The van der Waals surface area contributed by atoms with Gasteiger partial charge in [-0.25, -0.2) is 0 Å². The number of amides is 1. The van der Waals surface area contributed by atoms with Crippen LogP contribution < -0.4 is 11.1 Å². The number of carbonyl (C=O) groups is 1. The lowest BCUT2D eigenvalue weighted by atomic mass is 9.83. The van der Waals surface area contributed by atoms with Gasteiger partial charge in [-0.2, -0.15) is 0 Å². The second-order valence-corrected chi connectivity index (χ2v) is 6.03. The predicted molar refractivity (Wildman–Crippen MR) is 90.3 cm³/mol. The maximum atomic E-state index is 12.4. The van der Waals surface area contributed by atoms with Gasteiger partial charge in [0, 0.05) is 23.2 Å². The summed E-state index contributed by atoms with van der Waals surface area (Å²) in [5, 5.41) is 3.72. The highest BCUT2D eigenvalue weighted by molar-refractivity contribution is 6.31. The first-order valence-corrected chi connectivity index (χ1v) is 7.77. The van der Waals surface area contributed by atoms with Crippen LogP contribution in [0.15, 0.2) is 18.2 Å². The molecule has 0 spiro atoms. The van der Waals surface area contributed by atoms with Gasteiger partial charge in [-0.15, -0.1) is 12.4 Å². The summed E-state index contributed by atoms with van der Waals surface area (Å²) in [5.74, 6) is 0.447. The quantitative estimate of drug-likeness (QED) is 0.884. The summed E-state index contributed by atoms with van der Waals surface area (Å²) in [4.78, 5) is 12.4. The van der Waals surface area contributed by atoms with Crippen molar-refractivity contribution in [2.75, 3.05) is 6.54 Å². The average Bonchev–Trinajstić information content (AvgIpc) is 2.48. The molecule has 0 radical (unpaired) electrons. The molecule has 3 N–H and O–H groups in total. The van der Waals surface area contributed by atoms with E-state index in [0.29, 0.717) is 23.0 Å². The molecule has 0 heterocycles. The molecule has 118 valence electrons. The highest BCUT2D eigenvalue weighted by Crippen LogP contribution is 2.26. The minimum absolute atomic E-state index is 0. The zero-order chi connectivity index (χ0) is 14.5. The molecule has 1 aliphatic rings. The molecule has 2 rings (SSSR count). The van der Waals surface area contributed by atoms with Gasteiger partial charge >= 0.3 is 0 Å². The normalized spacial score (nSPS) is 16.9. The molecule has 3 nitrogen and oxygen atoms in total. The zero-order valence-electron chi connectivity index (χ0n) is 12.4. The van der Waals surface area contributed by atoms with Crippen molar-refractivity contribution >= 4 is 29.9 Å². The molecule has 0 saturated heterocycles. The van der Waals surface area contributed by atoms with Crippen molar-refractivity contribution in [2.45, 2.75) is 45.1 Å². The Labute approximate surface area is 138 Å². The highest BCUT2D eigenvalue weighted by atomic mass is 35.5. The molecule has 1 amide bonds. The Hall–Kier alpha value is -0.770. The van der Waals surface area contributed by atoms with Gasteiger partial charge in [0.25, 0.3) is 5.91 Å². The van der Waals surface area contributed by atoms with Crippen molar-refractivity contribution < 1.29 is 4.79 Å². The molecule has 1 saturated carbocycles. The summed E-state index contributed by atoms with van der Waals surface area (Å²) in [6.45, 7) is 2.37. The third kappa shape index (κ3) is 4.60. The monoisotopic (exact) mass is 330 g/mol.